The van der Waals surface area contributed by atoms with Gasteiger partial charge in [0.2, 0.25) is 0 Å². The van der Waals surface area contributed by atoms with Crippen LogP contribution >= 0.6 is 0 Å². The van der Waals surface area contributed by atoms with Crippen LogP contribution in [-0.2, 0) is 4.79 Å². The molecular weight excluding hydrogens is 270 g/mol. The zero-order valence-corrected chi connectivity index (χ0v) is 15.2. The number of hydrogen-bond acceptors (Lipinski definition) is 2. The van der Waals surface area contributed by atoms with E-state index in [0.29, 0.717) is 17.8 Å². The molecule has 0 radical (unpaired) electrons. The summed E-state index contributed by atoms with van der Waals surface area (Å²) < 4.78 is 0. The van der Waals surface area contributed by atoms with Gasteiger partial charge in [0.15, 0.2) is 0 Å². The molecule has 0 aliphatic heterocycles. The molecule has 0 saturated heterocycles. The predicted molar refractivity (Wildman–Crippen MR) is 93.3 cm³/mol. The van der Waals surface area contributed by atoms with Crippen molar-refractivity contribution in [3.63, 3.8) is 0 Å². The van der Waals surface area contributed by atoms with Crippen LogP contribution in [-0.4, -0.2) is 12.0 Å². The lowest BCUT2D eigenvalue weighted by Gasteiger charge is -2.58. The lowest BCUT2D eigenvalue weighted by Crippen LogP contribution is -2.58. The van der Waals surface area contributed by atoms with Crippen molar-refractivity contribution in [2.24, 2.45) is 34.5 Å². The average Bonchev–Trinajstić information content (AvgIpc) is 2.49. The highest BCUT2D eigenvalue weighted by atomic mass is 16.1. The van der Waals surface area contributed by atoms with Gasteiger partial charge in [0, 0.05) is 5.71 Å². The summed E-state index contributed by atoms with van der Waals surface area (Å²) in [7, 11) is 0. The first kappa shape index (κ1) is 17.7. The molecule has 0 heterocycles. The molecule has 2 saturated carbocycles. The standard InChI is InChI=1S/C20H35NO/c1-6-14(2)7-9-16-15(3)8-10-17-19(4,5)12-11-18(21)20(16,17)13-22/h13-17,21H,6-12H2,1-5H3/t14-,15+,16+,17+,20-/m1/s1. The van der Waals surface area contributed by atoms with E-state index in [-0.39, 0.29) is 5.41 Å². The normalized spacial score (nSPS) is 39.1. The van der Waals surface area contributed by atoms with Crippen molar-refractivity contribution >= 4 is 12.0 Å². The zero-order chi connectivity index (χ0) is 16.5. The van der Waals surface area contributed by atoms with E-state index in [1.807, 2.05) is 0 Å². The van der Waals surface area contributed by atoms with E-state index >= 15 is 0 Å². The number of fused-ring (bicyclic) bond motifs is 1. The van der Waals surface area contributed by atoms with Crippen molar-refractivity contribution in [1.29, 1.82) is 5.41 Å². The molecule has 0 aromatic rings. The fourth-order valence-electron chi connectivity index (χ4n) is 5.34. The summed E-state index contributed by atoms with van der Waals surface area (Å²) in [5.41, 5.74) is 0.472. The third-order valence-corrected chi connectivity index (χ3v) is 7.14. The molecule has 2 fully saturated rings. The molecule has 0 aromatic carbocycles. The highest BCUT2D eigenvalue weighted by Gasteiger charge is 2.59. The van der Waals surface area contributed by atoms with Gasteiger partial charge in [-0.25, -0.2) is 0 Å². The van der Waals surface area contributed by atoms with E-state index in [4.69, 9.17) is 5.41 Å². The number of nitrogens with one attached hydrogen (secondary N) is 1. The number of carbonyl (C=O) groups excluding carboxylic acids is 1. The van der Waals surface area contributed by atoms with Gasteiger partial charge in [0.1, 0.15) is 6.29 Å². The summed E-state index contributed by atoms with van der Waals surface area (Å²) in [6.07, 6.45) is 8.95. The average molecular weight is 306 g/mol. The Labute approximate surface area is 137 Å². The predicted octanol–water partition coefficient (Wildman–Crippen LogP) is 5.50. The third-order valence-electron chi connectivity index (χ3n) is 7.14. The van der Waals surface area contributed by atoms with E-state index in [2.05, 4.69) is 34.6 Å². The second-order valence-corrected chi connectivity index (χ2v) is 8.82. The van der Waals surface area contributed by atoms with Crippen molar-refractivity contribution in [1.82, 2.24) is 0 Å². The molecular formula is C20H35NO. The summed E-state index contributed by atoms with van der Waals surface area (Å²) in [4.78, 5) is 12.3. The van der Waals surface area contributed by atoms with Gasteiger partial charge >= 0.3 is 0 Å². The minimum absolute atomic E-state index is 0.195. The number of hydrogen-bond donors (Lipinski definition) is 1. The summed E-state index contributed by atoms with van der Waals surface area (Å²) in [5.74, 6) is 2.04. The lowest BCUT2D eigenvalue weighted by atomic mass is 9.45. The molecule has 2 nitrogen and oxygen atoms in total. The highest BCUT2D eigenvalue weighted by molar-refractivity contribution is 6.01. The van der Waals surface area contributed by atoms with Crippen molar-refractivity contribution in [3.05, 3.63) is 0 Å². The van der Waals surface area contributed by atoms with Crippen molar-refractivity contribution < 1.29 is 4.79 Å². The Morgan fingerprint density at radius 1 is 1.36 bits per heavy atom. The molecule has 0 unspecified atom stereocenters. The van der Waals surface area contributed by atoms with E-state index in [1.165, 1.54) is 25.5 Å². The van der Waals surface area contributed by atoms with E-state index in [0.717, 1.165) is 37.3 Å². The second-order valence-electron chi connectivity index (χ2n) is 8.82. The summed E-state index contributed by atoms with van der Waals surface area (Å²) in [6, 6.07) is 0. The van der Waals surface area contributed by atoms with Crippen LogP contribution in [0.5, 0.6) is 0 Å². The molecule has 0 spiro atoms. The zero-order valence-electron chi connectivity index (χ0n) is 15.2. The molecule has 2 rings (SSSR count). The van der Waals surface area contributed by atoms with Gasteiger partial charge in [-0.2, -0.15) is 0 Å². The first-order chi connectivity index (χ1) is 10.3. The smallest absolute Gasteiger partial charge is 0.132 e. The maximum Gasteiger partial charge on any atom is 0.132 e. The Bertz CT molecular complexity index is 427. The van der Waals surface area contributed by atoms with Crippen LogP contribution < -0.4 is 0 Å². The van der Waals surface area contributed by atoms with Gasteiger partial charge in [0.05, 0.1) is 5.41 Å². The SMILES string of the molecule is CC[C@@H](C)CC[C@H]1[C@@H](C)CC[C@H]2C(C)(C)CCC(=N)[C@]12C=O. The first-order valence-electron chi connectivity index (χ1n) is 9.33. The van der Waals surface area contributed by atoms with E-state index in [1.54, 1.807) is 0 Å². The Balaban J connectivity index is 2.35. The van der Waals surface area contributed by atoms with Crippen LogP contribution in [0.1, 0.15) is 79.6 Å². The molecule has 1 N–H and O–H groups in total. The van der Waals surface area contributed by atoms with Crippen LogP contribution in [0.15, 0.2) is 0 Å². The van der Waals surface area contributed by atoms with Gasteiger partial charge in [-0.15, -0.1) is 0 Å². The summed E-state index contributed by atoms with van der Waals surface area (Å²) >= 11 is 0. The van der Waals surface area contributed by atoms with Gasteiger partial charge in [-0.3, -0.25) is 0 Å². The van der Waals surface area contributed by atoms with Gasteiger partial charge < -0.3 is 10.2 Å². The molecule has 2 aliphatic rings. The first-order valence-corrected chi connectivity index (χ1v) is 9.33. The number of aldehydes is 1. The minimum Gasteiger partial charge on any atom is -0.309 e. The monoisotopic (exact) mass is 305 g/mol. The maximum absolute atomic E-state index is 12.3. The summed E-state index contributed by atoms with van der Waals surface area (Å²) in [6.45, 7) is 11.5. The van der Waals surface area contributed by atoms with Crippen LogP contribution in [0.4, 0.5) is 0 Å². The highest BCUT2D eigenvalue weighted by Crippen LogP contribution is 2.60. The topological polar surface area (TPSA) is 40.9 Å². The third kappa shape index (κ3) is 2.78. The number of rotatable bonds is 5. The molecule has 22 heavy (non-hydrogen) atoms. The second kappa shape index (κ2) is 6.45. The molecule has 0 amide bonds. The fraction of sp³-hybridized carbons (Fsp3) is 0.900. The molecule has 0 aromatic heterocycles. The largest absolute Gasteiger partial charge is 0.309 e. The quantitative estimate of drug-likeness (QED) is 0.669. The molecule has 2 aliphatic carbocycles. The Morgan fingerprint density at radius 3 is 2.64 bits per heavy atom. The summed E-state index contributed by atoms with van der Waals surface area (Å²) in [5, 5.41) is 8.66. The Kier molecular flexibility index (Phi) is 5.19. The maximum atomic E-state index is 12.3. The van der Waals surface area contributed by atoms with Gasteiger partial charge in [0.25, 0.3) is 0 Å². The Morgan fingerprint density at radius 2 is 2.05 bits per heavy atom. The van der Waals surface area contributed by atoms with Gasteiger partial charge in [-0.1, -0.05) is 53.9 Å². The van der Waals surface area contributed by atoms with Crippen molar-refractivity contribution in [2.45, 2.75) is 79.6 Å². The van der Waals surface area contributed by atoms with E-state index in [9.17, 15) is 4.79 Å². The molecule has 0 bridgehead atoms. The lowest BCUT2D eigenvalue weighted by molar-refractivity contribution is -0.129. The van der Waals surface area contributed by atoms with Crippen LogP contribution in [0, 0.1) is 39.9 Å². The van der Waals surface area contributed by atoms with Crippen LogP contribution in [0.2, 0.25) is 0 Å². The molecule has 2 heteroatoms. The minimum atomic E-state index is -0.465. The molecule has 126 valence electrons. The van der Waals surface area contributed by atoms with E-state index < -0.39 is 5.41 Å². The van der Waals surface area contributed by atoms with Crippen molar-refractivity contribution in [3.8, 4) is 0 Å². The Hall–Kier alpha value is -0.660. The van der Waals surface area contributed by atoms with Crippen LogP contribution in [0.25, 0.3) is 0 Å². The van der Waals surface area contributed by atoms with Gasteiger partial charge in [-0.05, 0) is 54.8 Å². The molecule has 5 atom stereocenters. The van der Waals surface area contributed by atoms with Crippen LogP contribution in [0.3, 0.4) is 0 Å². The fourth-order valence-corrected chi connectivity index (χ4v) is 5.34. The van der Waals surface area contributed by atoms with Crippen molar-refractivity contribution in [2.75, 3.05) is 0 Å². The number of carbonyl (C=O) groups is 1.